The van der Waals surface area contributed by atoms with Gasteiger partial charge in [0.2, 0.25) is 11.8 Å². The molecule has 0 radical (unpaired) electrons. The molecule has 5 heterocycles. The highest BCUT2D eigenvalue weighted by Crippen LogP contribution is 2.44. The SMILES string of the molecule is COC(=O)N[C@H](C(=O)N1CCC[C@H]1c1[nH]c(-c2ccc(-c3ccc(-c4cnc([C@@H]5CC6(CN5C(=O)[C@H](NC(=O)OC)C(C)C)OCCO6)[nH]4)cc3)cc2)c2c1CCC2)C(C)C. The number of carbonyl (C=O) groups is 4. The Bertz CT molecular complexity index is 2240. The lowest BCUT2D eigenvalue weighted by molar-refractivity contribution is -0.153. The van der Waals surface area contributed by atoms with Gasteiger partial charge in [-0.2, -0.15) is 0 Å². The van der Waals surface area contributed by atoms with E-state index in [0.717, 1.165) is 71.4 Å². The number of alkyl carbamates (subject to hydrolysis) is 2. The Hall–Kier alpha value is -5.67. The van der Waals surface area contributed by atoms with Gasteiger partial charge in [-0.3, -0.25) is 9.59 Å². The van der Waals surface area contributed by atoms with Gasteiger partial charge >= 0.3 is 12.2 Å². The third-order valence-electron chi connectivity index (χ3n) is 12.8. The number of amides is 4. The van der Waals surface area contributed by atoms with Crippen molar-refractivity contribution in [3.05, 3.63) is 77.4 Å². The molecule has 0 bridgehead atoms. The first-order valence-electron chi connectivity index (χ1n) is 21.5. The van der Waals surface area contributed by atoms with Crippen LogP contribution in [0.1, 0.15) is 88.1 Å². The number of likely N-dealkylation sites (tertiary alicyclic amines) is 2. The van der Waals surface area contributed by atoms with Crippen LogP contribution in [0, 0.1) is 11.8 Å². The fraction of sp³-hybridized carbons (Fsp3) is 0.500. The average Bonchev–Trinajstić information content (AvgIpc) is 4.13. The molecule has 4 aromatic rings. The van der Waals surface area contributed by atoms with Gasteiger partial charge in [0.05, 0.1) is 58.0 Å². The molecule has 0 unspecified atom stereocenters. The molecule has 4 N–H and O–H groups in total. The standard InChI is InChI=1S/C46H57N7O8/c1-26(2)37(50-44(56)58-5)42(54)52-20-8-11-35(52)40-33-10-7-9-32(33)39(49-40)31-18-14-29(15-19-31)28-12-16-30(17-13-28)34-24-47-41(48-34)36-23-46(60-21-22-61-46)25-53(36)43(55)38(27(3)4)51-45(57)59-6/h12-19,24,26-27,35-38,49H,7-11,20-23,25H2,1-6H3,(H,47,48)(H,50,56)(H,51,57)/t35-,36-,37-,38+/m0/s1. The number of methoxy groups -OCH3 is 2. The van der Waals surface area contributed by atoms with Crippen molar-refractivity contribution in [2.45, 2.75) is 96.2 Å². The summed E-state index contributed by atoms with van der Waals surface area (Å²) in [5, 5.41) is 5.47. The number of aromatic nitrogens is 3. The Balaban J connectivity index is 0.984. The number of aromatic amines is 2. The Morgan fingerprint density at radius 2 is 1.30 bits per heavy atom. The zero-order valence-electron chi connectivity index (χ0n) is 35.8. The van der Waals surface area contributed by atoms with Crippen LogP contribution in [0.4, 0.5) is 9.59 Å². The van der Waals surface area contributed by atoms with E-state index in [9.17, 15) is 19.2 Å². The molecule has 3 fully saturated rings. The van der Waals surface area contributed by atoms with Crippen molar-refractivity contribution in [3.63, 3.8) is 0 Å². The van der Waals surface area contributed by atoms with Crippen molar-refractivity contribution in [2.24, 2.45) is 11.8 Å². The van der Waals surface area contributed by atoms with E-state index in [2.05, 4.69) is 69.1 Å². The van der Waals surface area contributed by atoms with E-state index in [-0.39, 0.29) is 36.2 Å². The number of carbonyl (C=O) groups excluding carboxylic acids is 4. The lowest BCUT2D eigenvalue weighted by atomic mass is 9.99. The van der Waals surface area contributed by atoms with Crippen LogP contribution < -0.4 is 10.6 Å². The zero-order chi connectivity index (χ0) is 43.0. The molecule has 8 rings (SSSR count). The molecule has 1 spiro atoms. The van der Waals surface area contributed by atoms with Crippen molar-refractivity contribution >= 4 is 24.0 Å². The Morgan fingerprint density at radius 1 is 0.738 bits per heavy atom. The maximum atomic E-state index is 14.0. The number of hydrogen-bond donors (Lipinski definition) is 4. The molecule has 3 saturated heterocycles. The Kier molecular flexibility index (Phi) is 12.0. The maximum Gasteiger partial charge on any atom is 0.407 e. The van der Waals surface area contributed by atoms with Gasteiger partial charge in [0, 0.05) is 24.4 Å². The van der Waals surface area contributed by atoms with Gasteiger partial charge in [-0.15, -0.1) is 0 Å². The topological polar surface area (TPSA) is 180 Å². The summed E-state index contributed by atoms with van der Waals surface area (Å²) in [7, 11) is 2.59. The van der Waals surface area contributed by atoms with Crippen LogP contribution in [-0.4, -0.2) is 107 Å². The molecule has 0 saturated carbocycles. The van der Waals surface area contributed by atoms with Crippen molar-refractivity contribution in [1.82, 2.24) is 35.4 Å². The molecular weight excluding hydrogens is 779 g/mol. The third-order valence-corrected chi connectivity index (χ3v) is 12.8. The van der Waals surface area contributed by atoms with E-state index in [1.165, 1.54) is 25.3 Å². The van der Waals surface area contributed by atoms with E-state index in [4.69, 9.17) is 23.9 Å². The molecule has 4 aliphatic rings. The van der Waals surface area contributed by atoms with E-state index in [1.807, 2.05) is 32.6 Å². The number of nitrogens with zero attached hydrogens (tertiary/aromatic N) is 3. The second-order valence-corrected chi connectivity index (χ2v) is 17.3. The Labute approximate surface area is 356 Å². The van der Waals surface area contributed by atoms with Crippen molar-refractivity contribution in [2.75, 3.05) is 40.5 Å². The predicted molar refractivity (Wildman–Crippen MR) is 227 cm³/mol. The normalized spacial score (nSPS) is 20.3. The number of benzene rings is 2. The lowest BCUT2D eigenvalue weighted by Gasteiger charge is -2.31. The molecule has 2 aromatic heterocycles. The minimum Gasteiger partial charge on any atom is -0.453 e. The first-order valence-corrected chi connectivity index (χ1v) is 21.5. The van der Waals surface area contributed by atoms with Gasteiger partial charge in [0.1, 0.15) is 17.9 Å². The van der Waals surface area contributed by atoms with Crippen LogP contribution in [0.2, 0.25) is 0 Å². The highest BCUT2D eigenvalue weighted by atomic mass is 16.7. The average molecular weight is 836 g/mol. The number of fused-ring (bicyclic) bond motifs is 1. The van der Waals surface area contributed by atoms with Crippen molar-refractivity contribution < 1.29 is 38.1 Å². The minimum atomic E-state index is -0.930. The molecule has 61 heavy (non-hydrogen) atoms. The van der Waals surface area contributed by atoms with Crippen molar-refractivity contribution in [1.29, 1.82) is 0 Å². The Morgan fingerprint density at radius 3 is 1.89 bits per heavy atom. The minimum absolute atomic E-state index is 0.0725. The smallest absolute Gasteiger partial charge is 0.407 e. The number of H-pyrrole nitrogens is 2. The molecule has 2 aromatic carbocycles. The number of imidazole rings is 1. The fourth-order valence-electron chi connectivity index (χ4n) is 9.57. The van der Waals surface area contributed by atoms with Gasteiger partial charge in [-0.25, -0.2) is 14.6 Å². The molecule has 3 aliphatic heterocycles. The van der Waals surface area contributed by atoms with Crippen LogP contribution in [0.15, 0.2) is 54.7 Å². The van der Waals surface area contributed by atoms with Gasteiger partial charge in [0.15, 0.2) is 5.79 Å². The van der Waals surface area contributed by atoms with E-state index < -0.39 is 36.1 Å². The molecular formula is C46H57N7O8. The summed E-state index contributed by atoms with van der Waals surface area (Å²) in [6.07, 6.45) is 5.73. The van der Waals surface area contributed by atoms with Crippen LogP contribution in [0.3, 0.4) is 0 Å². The number of hydrogen-bond acceptors (Lipinski definition) is 9. The first-order chi connectivity index (χ1) is 29.4. The summed E-state index contributed by atoms with van der Waals surface area (Å²) < 4.78 is 21.7. The van der Waals surface area contributed by atoms with E-state index in [1.54, 1.807) is 11.1 Å². The van der Waals surface area contributed by atoms with Gasteiger partial charge < -0.3 is 49.3 Å². The monoisotopic (exact) mass is 835 g/mol. The zero-order valence-corrected chi connectivity index (χ0v) is 35.8. The molecule has 324 valence electrons. The predicted octanol–water partition coefficient (Wildman–Crippen LogP) is 6.67. The third kappa shape index (κ3) is 8.25. The van der Waals surface area contributed by atoms with Crippen molar-refractivity contribution in [3.8, 4) is 33.6 Å². The van der Waals surface area contributed by atoms with Crippen LogP contribution in [-0.2, 0) is 41.4 Å². The van der Waals surface area contributed by atoms with Gasteiger partial charge in [-0.05, 0) is 77.3 Å². The largest absolute Gasteiger partial charge is 0.453 e. The number of ether oxygens (including phenoxy) is 4. The lowest BCUT2D eigenvalue weighted by Crippen LogP contribution is -2.52. The summed E-state index contributed by atoms with van der Waals surface area (Å²) >= 11 is 0. The van der Waals surface area contributed by atoms with E-state index >= 15 is 0 Å². The van der Waals surface area contributed by atoms with Crippen LogP contribution >= 0.6 is 0 Å². The first kappa shape index (κ1) is 42.0. The summed E-state index contributed by atoms with van der Waals surface area (Å²) in [6.45, 7) is 9.38. The molecule has 1 aliphatic carbocycles. The highest BCUT2D eigenvalue weighted by molar-refractivity contribution is 5.87. The second kappa shape index (κ2) is 17.4. The van der Waals surface area contributed by atoms with Gasteiger partial charge in [-0.1, -0.05) is 76.2 Å². The second-order valence-electron chi connectivity index (χ2n) is 17.3. The molecule has 4 atom stereocenters. The summed E-state index contributed by atoms with van der Waals surface area (Å²) in [6, 6.07) is 14.9. The molecule has 15 nitrogen and oxygen atoms in total. The fourth-order valence-corrected chi connectivity index (χ4v) is 9.57. The molecule has 4 amide bonds. The number of rotatable bonds is 11. The van der Waals surface area contributed by atoms with Crippen LogP contribution in [0.5, 0.6) is 0 Å². The summed E-state index contributed by atoms with van der Waals surface area (Å²) in [4.78, 5) is 67.8. The van der Waals surface area contributed by atoms with Gasteiger partial charge in [0.25, 0.3) is 0 Å². The number of nitrogens with one attached hydrogen (secondary N) is 4. The summed E-state index contributed by atoms with van der Waals surface area (Å²) in [5.41, 5.74) is 9.90. The van der Waals surface area contributed by atoms with E-state index in [0.29, 0.717) is 32.0 Å². The molecule has 15 heteroatoms. The highest BCUT2D eigenvalue weighted by Gasteiger charge is 2.53. The maximum absolute atomic E-state index is 14.0. The van der Waals surface area contributed by atoms with Crippen LogP contribution in [0.25, 0.3) is 33.6 Å². The quantitative estimate of drug-likeness (QED) is 0.128. The summed E-state index contributed by atoms with van der Waals surface area (Å²) in [5.74, 6) is -0.921.